The van der Waals surface area contributed by atoms with E-state index in [0.717, 1.165) is 0 Å². The molecule has 4 atom stereocenters. The van der Waals surface area contributed by atoms with Gasteiger partial charge >= 0.3 is 0 Å². The van der Waals surface area contributed by atoms with Crippen molar-refractivity contribution in [2.24, 2.45) is 17.8 Å². The minimum atomic E-state index is -3.75. The lowest BCUT2D eigenvalue weighted by Gasteiger charge is -2.29. The van der Waals surface area contributed by atoms with Gasteiger partial charge in [0, 0.05) is 30.0 Å². The van der Waals surface area contributed by atoms with Crippen LogP contribution in [0.15, 0.2) is 22.6 Å². The molecular formula is C34H54N6O8S. The number of aliphatic hydroxyl groups is 1. The molecule has 14 nitrogen and oxygen atoms in total. The smallest absolute Gasteiger partial charge is 0.251 e. The summed E-state index contributed by atoms with van der Waals surface area (Å²) in [6.45, 7) is 17.7. The number of rotatable bonds is 18. The summed E-state index contributed by atoms with van der Waals surface area (Å²) >= 11 is 0. The van der Waals surface area contributed by atoms with Crippen LogP contribution in [0.2, 0.25) is 0 Å². The van der Waals surface area contributed by atoms with Gasteiger partial charge in [0.1, 0.15) is 17.5 Å². The van der Waals surface area contributed by atoms with Crippen molar-refractivity contribution in [2.75, 3.05) is 10.5 Å². The number of anilines is 1. The molecule has 49 heavy (non-hydrogen) atoms. The number of nitrogens with zero attached hydrogens (tertiary/aromatic N) is 1. The summed E-state index contributed by atoms with van der Waals surface area (Å²) in [5.74, 6) is -2.01. The summed E-state index contributed by atoms with van der Waals surface area (Å²) in [5, 5.41) is 22.4. The van der Waals surface area contributed by atoms with Gasteiger partial charge < -0.3 is 30.8 Å². The average molecular weight is 707 g/mol. The highest BCUT2D eigenvalue weighted by Gasteiger charge is 2.30. The van der Waals surface area contributed by atoms with Crippen LogP contribution in [0.1, 0.15) is 106 Å². The number of carbonyl (C=O) groups excluding carboxylic acids is 4. The minimum absolute atomic E-state index is 0.00888. The van der Waals surface area contributed by atoms with Crippen LogP contribution in [0.25, 0.3) is 0 Å². The van der Waals surface area contributed by atoms with E-state index < -0.39 is 51.9 Å². The van der Waals surface area contributed by atoms with Crippen LogP contribution in [-0.2, 0) is 26.2 Å². The van der Waals surface area contributed by atoms with Crippen LogP contribution in [0, 0.1) is 31.6 Å². The zero-order chi connectivity index (χ0) is 37.2. The van der Waals surface area contributed by atoms with Crippen molar-refractivity contribution in [3.63, 3.8) is 0 Å². The molecule has 0 aliphatic carbocycles. The van der Waals surface area contributed by atoms with Gasteiger partial charge in [-0.25, -0.2) is 13.4 Å². The molecule has 2 rings (SSSR count). The molecule has 0 aliphatic rings. The summed E-state index contributed by atoms with van der Waals surface area (Å²) in [6.07, 6.45) is -0.795. The van der Waals surface area contributed by atoms with Crippen molar-refractivity contribution in [2.45, 2.75) is 113 Å². The van der Waals surface area contributed by atoms with E-state index in [2.05, 4.69) is 31.0 Å². The van der Waals surface area contributed by atoms with Gasteiger partial charge in [0.05, 0.1) is 30.1 Å². The lowest BCUT2D eigenvalue weighted by Crippen LogP contribution is -2.53. The zero-order valence-corrected chi connectivity index (χ0v) is 31.1. The predicted molar refractivity (Wildman–Crippen MR) is 187 cm³/mol. The number of amides is 4. The van der Waals surface area contributed by atoms with Gasteiger partial charge in [0.2, 0.25) is 21.8 Å². The summed E-state index contributed by atoms with van der Waals surface area (Å²) in [6, 6.07) is 2.32. The first-order valence-corrected chi connectivity index (χ1v) is 18.3. The van der Waals surface area contributed by atoms with E-state index in [1.807, 2.05) is 41.5 Å². The molecule has 1 aromatic heterocycles. The molecule has 6 N–H and O–H groups in total. The maximum absolute atomic E-state index is 13.7. The van der Waals surface area contributed by atoms with E-state index in [0.29, 0.717) is 23.8 Å². The predicted octanol–water partition coefficient (Wildman–Crippen LogP) is 3.18. The number of aryl methyl sites for hydroxylation is 2. The summed E-state index contributed by atoms with van der Waals surface area (Å²) in [7, 11) is -3.75. The molecule has 0 aliphatic heterocycles. The molecular weight excluding hydrogens is 652 g/mol. The van der Waals surface area contributed by atoms with Crippen molar-refractivity contribution in [3.8, 4) is 0 Å². The first-order chi connectivity index (χ1) is 22.7. The lowest BCUT2D eigenvalue weighted by atomic mass is 9.91. The molecule has 0 fully saturated rings. The highest BCUT2D eigenvalue weighted by Crippen LogP contribution is 2.21. The van der Waals surface area contributed by atoms with Gasteiger partial charge in [-0.15, -0.1) is 0 Å². The van der Waals surface area contributed by atoms with Crippen LogP contribution in [0.3, 0.4) is 0 Å². The van der Waals surface area contributed by atoms with Crippen molar-refractivity contribution in [1.82, 2.24) is 26.3 Å². The van der Waals surface area contributed by atoms with Crippen LogP contribution in [0.5, 0.6) is 0 Å². The first kappa shape index (κ1) is 41.2. The average Bonchev–Trinajstić information content (AvgIpc) is 3.32. The van der Waals surface area contributed by atoms with Gasteiger partial charge in [-0.05, 0) is 70.6 Å². The van der Waals surface area contributed by atoms with Crippen LogP contribution in [-0.4, -0.2) is 72.1 Å². The van der Waals surface area contributed by atoms with Crippen molar-refractivity contribution in [1.29, 1.82) is 0 Å². The molecule has 1 aromatic carbocycles. The zero-order valence-electron chi connectivity index (χ0n) is 30.3. The molecule has 4 unspecified atom stereocenters. The Morgan fingerprint density at radius 3 is 1.98 bits per heavy atom. The number of benzene rings is 1. The van der Waals surface area contributed by atoms with E-state index in [9.17, 15) is 32.7 Å². The number of hydrogen-bond donors (Lipinski definition) is 6. The Balaban J connectivity index is 2.30. The summed E-state index contributed by atoms with van der Waals surface area (Å²) in [4.78, 5) is 56.9. The van der Waals surface area contributed by atoms with Crippen LogP contribution >= 0.6 is 0 Å². The van der Waals surface area contributed by atoms with Crippen LogP contribution in [0.4, 0.5) is 5.69 Å². The molecule has 1 heterocycles. The van der Waals surface area contributed by atoms with Crippen molar-refractivity contribution < 1.29 is 37.1 Å². The largest absolute Gasteiger partial charge is 0.446 e. The third-order valence-electron chi connectivity index (χ3n) is 7.75. The minimum Gasteiger partial charge on any atom is -0.446 e. The van der Waals surface area contributed by atoms with E-state index in [-0.39, 0.29) is 59.3 Å². The van der Waals surface area contributed by atoms with Crippen molar-refractivity contribution >= 4 is 39.3 Å². The Morgan fingerprint density at radius 1 is 0.857 bits per heavy atom. The van der Waals surface area contributed by atoms with Gasteiger partial charge in [-0.1, -0.05) is 34.6 Å². The summed E-state index contributed by atoms with van der Waals surface area (Å²) in [5.41, 5.74) is 0.545. The molecule has 0 saturated heterocycles. The number of sulfonamides is 1. The Labute approximate surface area is 290 Å². The summed E-state index contributed by atoms with van der Waals surface area (Å²) < 4.78 is 32.6. The maximum atomic E-state index is 13.7. The van der Waals surface area contributed by atoms with Crippen LogP contribution < -0.4 is 26.0 Å². The normalized spacial score (nSPS) is 14.2. The third-order valence-corrected chi connectivity index (χ3v) is 9.06. The molecule has 2 aromatic rings. The molecule has 274 valence electrons. The number of oxazole rings is 1. The number of nitrogens with one attached hydrogen (secondary N) is 5. The molecule has 0 bridgehead atoms. The van der Waals surface area contributed by atoms with E-state index >= 15 is 0 Å². The fraction of sp³-hybridized carbons (Fsp3) is 0.618. The Morgan fingerprint density at radius 2 is 1.47 bits per heavy atom. The van der Waals surface area contributed by atoms with Gasteiger partial charge in [-0.2, -0.15) is 0 Å². The standard InChI is InChI=1S/C34H54N6O8S/c1-11-49(46,47)40-26-15-24(32(43)35-17-28-22(9)48-23(10)37-28)14-25(16-26)33(44)38-27(12-18(2)3)29(41)13-21(8)31(42)39-30(19(4)5)34(45)36-20(6)7/h14-16,18-21,27,29-30,40-41H,11-13,17H2,1-10H3,(H,35,43)(H,36,45)(H,38,44)(H,39,42). The fourth-order valence-electron chi connectivity index (χ4n) is 5.11. The second kappa shape index (κ2) is 18.1. The highest BCUT2D eigenvalue weighted by molar-refractivity contribution is 7.92. The number of carbonyl (C=O) groups is 4. The Bertz CT molecular complexity index is 1570. The SMILES string of the molecule is CCS(=O)(=O)Nc1cc(C(=O)NCc2nc(C)oc2C)cc(C(=O)NC(CC(C)C)C(O)CC(C)C(=O)NC(C(=O)NC(C)C)C(C)C)c1. The van der Waals surface area contributed by atoms with E-state index in [1.54, 1.807) is 20.8 Å². The number of hydrogen-bond acceptors (Lipinski definition) is 9. The molecule has 4 amide bonds. The molecule has 0 radical (unpaired) electrons. The van der Waals surface area contributed by atoms with Gasteiger partial charge in [0.15, 0.2) is 5.89 Å². The Kier molecular flexibility index (Phi) is 15.2. The highest BCUT2D eigenvalue weighted by atomic mass is 32.2. The molecule has 0 spiro atoms. The number of aliphatic hydroxyl groups excluding tert-OH is 1. The fourth-order valence-corrected chi connectivity index (χ4v) is 5.73. The van der Waals surface area contributed by atoms with Crippen molar-refractivity contribution in [3.05, 3.63) is 46.7 Å². The Hall–Kier alpha value is -3.98. The quantitative estimate of drug-likeness (QED) is 0.134. The van der Waals surface area contributed by atoms with E-state index in [4.69, 9.17) is 4.42 Å². The third kappa shape index (κ3) is 13.1. The second-order valence-electron chi connectivity index (χ2n) is 13.5. The first-order valence-electron chi connectivity index (χ1n) is 16.7. The molecule has 15 heteroatoms. The van der Waals surface area contributed by atoms with E-state index in [1.165, 1.54) is 25.1 Å². The van der Waals surface area contributed by atoms with Gasteiger partial charge in [0.25, 0.3) is 11.8 Å². The van der Waals surface area contributed by atoms with Gasteiger partial charge in [-0.3, -0.25) is 23.9 Å². The monoisotopic (exact) mass is 706 g/mol. The molecule has 0 saturated carbocycles. The maximum Gasteiger partial charge on any atom is 0.251 e. The topological polar surface area (TPSA) is 209 Å². The number of aromatic nitrogens is 1. The second-order valence-corrected chi connectivity index (χ2v) is 15.5. The lowest BCUT2D eigenvalue weighted by molar-refractivity contribution is -0.132.